The Morgan fingerprint density at radius 1 is 0.759 bits per heavy atom. The highest BCUT2D eigenvalue weighted by atomic mass is 16.6. The Morgan fingerprint density at radius 3 is 2.00 bits per heavy atom. The van der Waals surface area contributed by atoms with Crippen LogP contribution in [-0.4, -0.2) is 34.5 Å². The van der Waals surface area contributed by atoms with E-state index in [-0.39, 0.29) is 55.7 Å². The van der Waals surface area contributed by atoms with Crippen LogP contribution in [0.4, 0.5) is 11.4 Å². The standard InChI is InChI=1S/C44H56N2O8/c1-27(2)32-16-21-44(26-53-38(47)28-10-8-12-30(24-28)45(49)50)23-22-42(6)33(37(32)44)14-15-35-41(5)19-18-36(40(3,4)34(41)17-20-43(35,42)7)54-39(48)29-11-9-13-31(25-29)46(51)52/h8-13,24-25,32-37H,1,14-23,26H2,2-7H3/t32-,33+,34-,35+,36-,37+,41-,42+,43+,44+/m0/s1. The molecule has 5 saturated carbocycles. The van der Waals surface area contributed by atoms with E-state index in [4.69, 9.17) is 9.47 Å². The smallest absolute Gasteiger partial charge is 0.338 e. The molecule has 54 heavy (non-hydrogen) atoms. The molecular formula is C44H56N2O8. The van der Waals surface area contributed by atoms with Gasteiger partial charge >= 0.3 is 11.9 Å². The maximum Gasteiger partial charge on any atom is 0.338 e. The lowest BCUT2D eigenvalue weighted by Crippen LogP contribution is -2.67. The van der Waals surface area contributed by atoms with Crippen LogP contribution in [0.25, 0.3) is 0 Å². The molecule has 5 aliphatic carbocycles. The van der Waals surface area contributed by atoms with Crippen LogP contribution in [0.1, 0.15) is 126 Å². The zero-order valence-corrected chi connectivity index (χ0v) is 32.7. The lowest BCUT2D eigenvalue weighted by atomic mass is 9.32. The van der Waals surface area contributed by atoms with Gasteiger partial charge in [-0.15, -0.1) is 0 Å². The van der Waals surface area contributed by atoms with Gasteiger partial charge in [-0.25, -0.2) is 9.59 Å². The number of carbonyl (C=O) groups is 2. The van der Waals surface area contributed by atoms with E-state index in [1.54, 1.807) is 12.1 Å². The van der Waals surface area contributed by atoms with Crippen molar-refractivity contribution in [1.29, 1.82) is 0 Å². The van der Waals surface area contributed by atoms with E-state index < -0.39 is 21.8 Å². The molecule has 7 rings (SSSR count). The SMILES string of the molecule is C=C(C)[C@@H]1CC[C@]2(COC(=O)c3cccc([N+](=O)[O-])c3)CC[C@]3(C)[C@H](CC[C@@H]4[C@@]5(C)CC[C@H](OC(=O)c6cccc([N+](=O)[O-])c6)C(C)(C)[C@@H]5CC[C@]43C)[C@@H]12. The monoisotopic (exact) mass is 740 g/mol. The second-order valence-electron chi connectivity index (χ2n) is 19.0. The molecule has 0 aromatic heterocycles. The Bertz CT molecular complexity index is 1890. The van der Waals surface area contributed by atoms with Gasteiger partial charge in [-0.2, -0.15) is 0 Å². The topological polar surface area (TPSA) is 139 Å². The van der Waals surface area contributed by atoms with Crippen LogP contribution in [0.5, 0.6) is 0 Å². The summed E-state index contributed by atoms with van der Waals surface area (Å²) < 4.78 is 12.3. The fraction of sp³-hybridized carbons (Fsp3) is 0.636. The summed E-state index contributed by atoms with van der Waals surface area (Å²) in [6, 6.07) is 11.6. The molecule has 10 heteroatoms. The van der Waals surface area contributed by atoms with E-state index in [0.717, 1.165) is 64.2 Å². The lowest BCUT2D eigenvalue weighted by molar-refractivity contribution is -0.385. The van der Waals surface area contributed by atoms with Crippen LogP contribution < -0.4 is 0 Å². The minimum Gasteiger partial charge on any atom is -0.461 e. The van der Waals surface area contributed by atoms with Gasteiger partial charge < -0.3 is 9.47 Å². The number of ether oxygens (including phenoxy) is 2. The van der Waals surface area contributed by atoms with Gasteiger partial charge in [-0.05, 0) is 129 Å². The van der Waals surface area contributed by atoms with E-state index >= 15 is 0 Å². The molecule has 0 N–H and O–H groups in total. The van der Waals surface area contributed by atoms with Crippen molar-refractivity contribution >= 4 is 23.3 Å². The van der Waals surface area contributed by atoms with Gasteiger partial charge in [0.15, 0.2) is 0 Å². The van der Waals surface area contributed by atoms with Gasteiger partial charge in [0.2, 0.25) is 0 Å². The predicted octanol–water partition coefficient (Wildman–Crippen LogP) is 10.5. The summed E-state index contributed by atoms with van der Waals surface area (Å²) >= 11 is 0. The third-order valence-corrected chi connectivity index (χ3v) is 16.5. The first-order chi connectivity index (χ1) is 25.4. The van der Waals surface area contributed by atoms with Gasteiger partial charge in [0.05, 0.1) is 27.6 Å². The molecule has 0 radical (unpaired) electrons. The zero-order chi connectivity index (χ0) is 39.0. The summed E-state index contributed by atoms with van der Waals surface area (Å²) in [7, 11) is 0. The Kier molecular flexibility index (Phi) is 9.41. The van der Waals surface area contributed by atoms with Crippen molar-refractivity contribution in [1.82, 2.24) is 0 Å². The number of carbonyl (C=O) groups excluding carboxylic acids is 2. The number of nitrogens with zero attached hydrogens (tertiary/aromatic N) is 2. The second-order valence-corrected chi connectivity index (χ2v) is 19.0. The highest BCUT2D eigenvalue weighted by Gasteiger charge is 2.71. The van der Waals surface area contributed by atoms with Crippen LogP contribution in [0.2, 0.25) is 0 Å². The van der Waals surface area contributed by atoms with E-state index in [0.29, 0.717) is 36.2 Å². The fourth-order valence-electron chi connectivity index (χ4n) is 13.7. The Balaban J connectivity index is 1.12. The molecule has 0 aliphatic heterocycles. The van der Waals surface area contributed by atoms with Crippen molar-refractivity contribution in [2.75, 3.05) is 6.61 Å². The minimum absolute atomic E-state index is 0.0602. The quantitative estimate of drug-likeness (QED) is 0.113. The largest absolute Gasteiger partial charge is 0.461 e. The third kappa shape index (κ3) is 5.80. The molecule has 5 fully saturated rings. The van der Waals surface area contributed by atoms with E-state index in [9.17, 15) is 29.8 Å². The summed E-state index contributed by atoms with van der Waals surface area (Å²) in [6.07, 6.45) is 9.86. The fourth-order valence-corrected chi connectivity index (χ4v) is 13.7. The van der Waals surface area contributed by atoms with Gasteiger partial charge in [0, 0.05) is 35.1 Å². The minimum atomic E-state index is -0.505. The van der Waals surface area contributed by atoms with E-state index in [2.05, 4.69) is 48.1 Å². The molecule has 0 bridgehead atoms. The molecule has 290 valence electrons. The van der Waals surface area contributed by atoms with Crippen LogP contribution in [0.15, 0.2) is 60.7 Å². The summed E-state index contributed by atoms with van der Waals surface area (Å²) in [5, 5.41) is 22.8. The first-order valence-electron chi connectivity index (χ1n) is 19.9. The number of nitro benzene ring substituents is 2. The molecule has 10 nitrogen and oxygen atoms in total. The summed E-state index contributed by atoms with van der Waals surface area (Å²) in [5.41, 5.74) is 1.19. The van der Waals surface area contributed by atoms with Crippen molar-refractivity contribution in [3.8, 4) is 0 Å². The predicted molar refractivity (Wildman–Crippen MR) is 205 cm³/mol. The molecule has 2 aromatic rings. The number of benzene rings is 2. The Hall–Kier alpha value is -4.08. The first kappa shape index (κ1) is 38.2. The molecule has 0 unspecified atom stereocenters. The zero-order valence-electron chi connectivity index (χ0n) is 32.7. The highest BCUT2D eigenvalue weighted by Crippen LogP contribution is 2.77. The number of rotatable bonds is 8. The van der Waals surface area contributed by atoms with E-state index in [1.165, 1.54) is 42.0 Å². The number of fused-ring (bicyclic) bond motifs is 7. The van der Waals surface area contributed by atoms with Gasteiger partial charge in [-0.3, -0.25) is 20.2 Å². The number of hydrogen-bond acceptors (Lipinski definition) is 8. The summed E-state index contributed by atoms with van der Waals surface area (Å²) in [6.45, 7) is 19.1. The molecule has 10 atom stereocenters. The maximum absolute atomic E-state index is 13.4. The summed E-state index contributed by atoms with van der Waals surface area (Å²) in [4.78, 5) is 48.5. The molecule has 0 spiro atoms. The first-order valence-corrected chi connectivity index (χ1v) is 19.9. The molecule has 0 amide bonds. The van der Waals surface area contributed by atoms with Crippen LogP contribution >= 0.6 is 0 Å². The van der Waals surface area contributed by atoms with E-state index in [1.807, 2.05) is 0 Å². The van der Waals surface area contributed by atoms with Crippen molar-refractivity contribution in [3.05, 3.63) is 92.0 Å². The summed E-state index contributed by atoms with van der Waals surface area (Å²) in [5.74, 6) is 0.998. The Labute approximate surface area is 318 Å². The van der Waals surface area contributed by atoms with Crippen LogP contribution in [0, 0.1) is 76.9 Å². The van der Waals surface area contributed by atoms with Gasteiger partial charge in [0.25, 0.3) is 11.4 Å². The average Bonchev–Trinajstić information content (AvgIpc) is 3.52. The lowest BCUT2D eigenvalue weighted by Gasteiger charge is -2.73. The number of nitro groups is 2. The maximum atomic E-state index is 13.4. The molecule has 2 aromatic carbocycles. The van der Waals surface area contributed by atoms with Crippen molar-refractivity contribution in [2.45, 2.75) is 112 Å². The number of allylic oxidation sites excluding steroid dienone is 1. The third-order valence-electron chi connectivity index (χ3n) is 16.5. The second kappa shape index (κ2) is 13.3. The average molecular weight is 741 g/mol. The number of esters is 2. The number of hydrogen-bond donors (Lipinski definition) is 0. The van der Waals surface area contributed by atoms with Gasteiger partial charge in [-0.1, -0.05) is 58.9 Å². The van der Waals surface area contributed by atoms with Crippen molar-refractivity contribution in [2.24, 2.45) is 56.7 Å². The molecule has 0 heterocycles. The van der Waals surface area contributed by atoms with Crippen molar-refractivity contribution < 1.29 is 28.9 Å². The van der Waals surface area contributed by atoms with Crippen LogP contribution in [-0.2, 0) is 9.47 Å². The normalized spacial score (nSPS) is 37.7. The van der Waals surface area contributed by atoms with Gasteiger partial charge in [0.1, 0.15) is 6.10 Å². The Morgan fingerprint density at radius 2 is 1.39 bits per heavy atom. The molecule has 5 aliphatic rings. The molecular weight excluding hydrogens is 684 g/mol. The molecule has 0 saturated heterocycles. The van der Waals surface area contributed by atoms with Crippen molar-refractivity contribution in [3.63, 3.8) is 0 Å². The highest BCUT2D eigenvalue weighted by molar-refractivity contribution is 5.90. The van der Waals surface area contributed by atoms with Crippen LogP contribution in [0.3, 0.4) is 0 Å². The number of non-ortho nitro benzene ring substituents is 2.